The molecule has 1 N–H and O–H groups in total. The molecule has 1 heterocycles. The fourth-order valence-electron chi connectivity index (χ4n) is 3.14. The molecule has 1 aliphatic heterocycles. The van der Waals surface area contributed by atoms with Gasteiger partial charge in [-0.2, -0.15) is 0 Å². The first-order chi connectivity index (χ1) is 12.9. The van der Waals surface area contributed by atoms with Gasteiger partial charge in [0.05, 0.1) is 31.5 Å². The smallest absolute Gasteiger partial charge is 0.229 e. The minimum absolute atomic E-state index is 0.114. The minimum Gasteiger partial charge on any atom is -0.495 e. The number of amides is 2. The van der Waals surface area contributed by atoms with Gasteiger partial charge in [0.1, 0.15) is 11.5 Å². The van der Waals surface area contributed by atoms with Gasteiger partial charge in [-0.3, -0.25) is 9.59 Å². The van der Waals surface area contributed by atoms with E-state index in [0.717, 1.165) is 5.56 Å². The van der Waals surface area contributed by atoms with E-state index < -0.39 is 5.92 Å². The van der Waals surface area contributed by atoms with E-state index in [4.69, 9.17) is 21.1 Å². The molecule has 1 atom stereocenters. The number of rotatable bonds is 5. The van der Waals surface area contributed by atoms with Crippen molar-refractivity contribution >= 4 is 34.8 Å². The summed E-state index contributed by atoms with van der Waals surface area (Å²) in [6, 6.07) is 10.6. The molecule has 0 aliphatic carbocycles. The van der Waals surface area contributed by atoms with E-state index >= 15 is 0 Å². The molecule has 1 aliphatic rings. The zero-order chi connectivity index (χ0) is 19.6. The first-order valence-electron chi connectivity index (χ1n) is 8.52. The molecule has 2 aromatic carbocycles. The van der Waals surface area contributed by atoms with Crippen molar-refractivity contribution in [2.75, 3.05) is 31.0 Å². The van der Waals surface area contributed by atoms with Gasteiger partial charge in [-0.05, 0) is 42.8 Å². The van der Waals surface area contributed by atoms with Gasteiger partial charge in [0.15, 0.2) is 0 Å². The van der Waals surface area contributed by atoms with Crippen molar-refractivity contribution in [1.82, 2.24) is 0 Å². The largest absolute Gasteiger partial charge is 0.495 e. The van der Waals surface area contributed by atoms with Crippen molar-refractivity contribution in [1.29, 1.82) is 0 Å². The lowest BCUT2D eigenvalue weighted by atomic mass is 10.1. The molecular weight excluding hydrogens is 368 g/mol. The Kier molecular flexibility index (Phi) is 5.56. The summed E-state index contributed by atoms with van der Waals surface area (Å²) in [5.41, 5.74) is 2.17. The fourth-order valence-corrected chi connectivity index (χ4v) is 3.31. The SMILES string of the molecule is COc1ccc(Cl)cc1NC(=O)C1CC(=O)N(c2cc(C)ccc2OC)C1. The van der Waals surface area contributed by atoms with Crippen molar-refractivity contribution < 1.29 is 19.1 Å². The predicted molar refractivity (Wildman–Crippen MR) is 105 cm³/mol. The number of nitrogens with one attached hydrogen (secondary N) is 1. The second-order valence-corrected chi connectivity index (χ2v) is 6.85. The number of aryl methyl sites for hydroxylation is 1. The molecule has 1 saturated heterocycles. The number of hydrogen-bond donors (Lipinski definition) is 1. The molecule has 0 radical (unpaired) electrons. The first kappa shape index (κ1) is 19.0. The maximum absolute atomic E-state index is 12.7. The minimum atomic E-state index is -0.480. The van der Waals surface area contributed by atoms with Crippen LogP contribution in [0.25, 0.3) is 0 Å². The van der Waals surface area contributed by atoms with Crippen LogP contribution in [0.2, 0.25) is 5.02 Å². The highest BCUT2D eigenvalue weighted by Crippen LogP contribution is 2.35. The molecule has 0 bridgehead atoms. The quantitative estimate of drug-likeness (QED) is 0.848. The molecule has 1 unspecified atom stereocenters. The maximum atomic E-state index is 12.7. The third-order valence-corrected chi connectivity index (χ3v) is 4.78. The average Bonchev–Trinajstić information content (AvgIpc) is 3.03. The van der Waals surface area contributed by atoms with Crippen LogP contribution in [0.5, 0.6) is 11.5 Å². The number of halogens is 1. The summed E-state index contributed by atoms with van der Waals surface area (Å²) in [6.45, 7) is 2.23. The van der Waals surface area contributed by atoms with E-state index in [1.54, 1.807) is 30.2 Å². The van der Waals surface area contributed by atoms with E-state index in [1.807, 2.05) is 25.1 Å². The van der Waals surface area contributed by atoms with Crippen LogP contribution >= 0.6 is 11.6 Å². The highest BCUT2D eigenvalue weighted by atomic mass is 35.5. The van der Waals surface area contributed by atoms with E-state index in [-0.39, 0.29) is 24.8 Å². The normalized spacial score (nSPS) is 16.4. The summed E-state index contributed by atoms with van der Waals surface area (Å²) < 4.78 is 10.6. The second-order valence-electron chi connectivity index (χ2n) is 6.41. The van der Waals surface area contributed by atoms with E-state index in [1.165, 1.54) is 7.11 Å². The first-order valence-corrected chi connectivity index (χ1v) is 8.90. The number of hydrogen-bond acceptors (Lipinski definition) is 4. The zero-order valence-corrected chi connectivity index (χ0v) is 16.2. The third kappa shape index (κ3) is 4.01. The van der Waals surface area contributed by atoms with Crippen LogP contribution in [0.4, 0.5) is 11.4 Å². The molecule has 2 amide bonds. The number of methoxy groups -OCH3 is 2. The van der Waals surface area contributed by atoms with Gasteiger partial charge in [-0.1, -0.05) is 17.7 Å². The summed E-state index contributed by atoms with van der Waals surface area (Å²) in [5.74, 6) is 0.266. The van der Waals surface area contributed by atoms with Crippen molar-refractivity contribution in [2.24, 2.45) is 5.92 Å². The summed E-state index contributed by atoms with van der Waals surface area (Å²) in [6.07, 6.45) is 0.131. The molecule has 0 saturated carbocycles. The van der Waals surface area contributed by atoms with Crippen LogP contribution in [0.1, 0.15) is 12.0 Å². The van der Waals surface area contributed by atoms with Gasteiger partial charge in [0.2, 0.25) is 11.8 Å². The Morgan fingerprint density at radius 3 is 2.56 bits per heavy atom. The standard InChI is InChI=1S/C20H21ClN2O4/c1-12-4-6-18(27-3)16(8-12)23-11-13(9-19(23)24)20(25)22-15-10-14(21)5-7-17(15)26-2/h4-8,10,13H,9,11H2,1-3H3,(H,22,25). The Morgan fingerprint density at radius 2 is 1.85 bits per heavy atom. The second kappa shape index (κ2) is 7.88. The van der Waals surface area contributed by atoms with E-state index in [2.05, 4.69) is 5.32 Å². The van der Waals surface area contributed by atoms with E-state index in [0.29, 0.717) is 27.9 Å². The van der Waals surface area contributed by atoms with Crippen LogP contribution < -0.4 is 19.7 Å². The van der Waals surface area contributed by atoms with Crippen molar-refractivity contribution in [3.8, 4) is 11.5 Å². The third-order valence-electron chi connectivity index (χ3n) is 4.54. The number of ether oxygens (including phenoxy) is 2. The number of carbonyl (C=O) groups is 2. The summed E-state index contributed by atoms with van der Waals surface area (Å²) in [7, 11) is 3.08. The van der Waals surface area contributed by atoms with Crippen LogP contribution in [0.3, 0.4) is 0 Å². The van der Waals surface area contributed by atoms with Crippen molar-refractivity contribution in [2.45, 2.75) is 13.3 Å². The zero-order valence-electron chi connectivity index (χ0n) is 15.4. The molecule has 6 nitrogen and oxygen atoms in total. The topological polar surface area (TPSA) is 67.9 Å². The summed E-state index contributed by atoms with van der Waals surface area (Å²) >= 11 is 6.01. The lowest BCUT2D eigenvalue weighted by Gasteiger charge is -2.20. The maximum Gasteiger partial charge on any atom is 0.229 e. The van der Waals surface area contributed by atoms with Gasteiger partial charge in [-0.25, -0.2) is 0 Å². The predicted octanol–water partition coefficient (Wildman–Crippen LogP) is 3.66. The van der Waals surface area contributed by atoms with Crippen molar-refractivity contribution in [3.05, 3.63) is 47.0 Å². The van der Waals surface area contributed by atoms with Crippen LogP contribution in [-0.4, -0.2) is 32.6 Å². The van der Waals surface area contributed by atoms with Gasteiger partial charge in [-0.15, -0.1) is 0 Å². The Hall–Kier alpha value is -2.73. The highest BCUT2D eigenvalue weighted by Gasteiger charge is 2.36. The lowest BCUT2D eigenvalue weighted by molar-refractivity contribution is -0.122. The molecule has 3 rings (SSSR count). The Labute approximate surface area is 163 Å². The molecule has 27 heavy (non-hydrogen) atoms. The molecule has 0 spiro atoms. The Morgan fingerprint density at radius 1 is 1.15 bits per heavy atom. The number of nitrogens with zero attached hydrogens (tertiary/aromatic N) is 1. The van der Waals surface area contributed by atoms with Crippen LogP contribution in [0.15, 0.2) is 36.4 Å². The fraction of sp³-hybridized carbons (Fsp3) is 0.300. The lowest BCUT2D eigenvalue weighted by Crippen LogP contribution is -2.28. The van der Waals surface area contributed by atoms with Crippen LogP contribution in [0, 0.1) is 12.8 Å². The molecule has 1 fully saturated rings. The molecule has 7 heteroatoms. The molecule has 0 aromatic heterocycles. The Bertz CT molecular complexity index is 884. The number of benzene rings is 2. The Balaban J connectivity index is 1.79. The molecular formula is C20H21ClN2O4. The van der Waals surface area contributed by atoms with Crippen LogP contribution in [-0.2, 0) is 9.59 Å². The van der Waals surface area contributed by atoms with Gasteiger partial charge in [0.25, 0.3) is 0 Å². The summed E-state index contributed by atoms with van der Waals surface area (Å²) in [5, 5.41) is 3.30. The number of carbonyl (C=O) groups excluding carboxylic acids is 2. The number of anilines is 2. The average molecular weight is 389 g/mol. The van der Waals surface area contributed by atoms with Crippen molar-refractivity contribution in [3.63, 3.8) is 0 Å². The van der Waals surface area contributed by atoms with Gasteiger partial charge < -0.3 is 19.7 Å². The highest BCUT2D eigenvalue weighted by molar-refractivity contribution is 6.31. The molecule has 2 aromatic rings. The monoisotopic (exact) mass is 388 g/mol. The summed E-state index contributed by atoms with van der Waals surface area (Å²) in [4.78, 5) is 26.9. The van der Waals surface area contributed by atoms with Gasteiger partial charge in [0, 0.05) is 18.0 Å². The molecule has 142 valence electrons. The van der Waals surface area contributed by atoms with Gasteiger partial charge >= 0.3 is 0 Å². The van der Waals surface area contributed by atoms with E-state index in [9.17, 15) is 9.59 Å².